The van der Waals surface area contributed by atoms with Gasteiger partial charge in [0, 0.05) is 40.6 Å². The van der Waals surface area contributed by atoms with Gasteiger partial charge in [0.15, 0.2) is 0 Å². The maximum atomic E-state index is 13.2. The zero-order chi connectivity index (χ0) is 31.6. The average Bonchev–Trinajstić information content (AvgIpc) is 3.50. The number of hydrogen-bond acceptors (Lipinski definition) is 5. The first-order chi connectivity index (χ1) is 21.9. The van der Waals surface area contributed by atoms with E-state index >= 15 is 0 Å². The van der Waals surface area contributed by atoms with E-state index in [4.69, 9.17) is 0 Å². The third kappa shape index (κ3) is 8.00. The molecule has 7 heteroatoms. The van der Waals surface area contributed by atoms with Crippen LogP contribution in [0, 0.1) is 0 Å². The molecule has 0 bridgehead atoms. The number of nitrogens with one attached hydrogen (secondary N) is 2. The highest BCUT2D eigenvalue weighted by molar-refractivity contribution is 5.79. The highest BCUT2D eigenvalue weighted by atomic mass is 16.1. The lowest BCUT2D eigenvalue weighted by Gasteiger charge is -2.18. The standard InChI is InChI=1S/C27H25N3O2.C11H14N2/c1-19(31)18-30-26(24-11-7-4-8-12-24)28-17-25(27(30)32)29-20(2)21-13-15-23(16-14-21)22-9-5-3-6-10-22;1-2-3-4-10-7-9-8-12-6-5-11(9)13-10/h3-17,20,29H,18H2,1-2H3;5-8,13H,2-4H2,1H3. The predicted molar refractivity (Wildman–Crippen MR) is 183 cm³/mol. The fraction of sp³-hybridized carbons (Fsp3) is 0.211. The van der Waals surface area contributed by atoms with Crippen molar-refractivity contribution < 1.29 is 4.79 Å². The van der Waals surface area contributed by atoms with Crippen molar-refractivity contribution in [2.45, 2.75) is 52.6 Å². The van der Waals surface area contributed by atoms with Crippen LogP contribution < -0.4 is 10.9 Å². The Labute approximate surface area is 264 Å². The Balaban J connectivity index is 0.000000256. The molecular formula is C38H39N5O2. The number of carbonyl (C=O) groups excluding carboxylic acids is 1. The van der Waals surface area contributed by atoms with Crippen LogP contribution in [0.3, 0.4) is 0 Å². The summed E-state index contributed by atoms with van der Waals surface area (Å²) >= 11 is 0. The summed E-state index contributed by atoms with van der Waals surface area (Å²) in [5.41, 5.74) is 6.77. The Morgan fingerprint density at radius 3 is 2.20 bits per heavy atom. The lowest BCUT2D eigenvalue weighted by Crippen LogP contribution is -2.29. The first-order valence-electron chi connectivity index (χ1n) is 15.4. The van der Waals surface area contributed by atoms with Gasteiger partial charge in [-0.05, 0) is 55.5 Å². The molecule has 3 aromatic heterocycles. The normalized spacial score (nSPS) is 11.4. The predicted octanol–water partition coefficient (Wildman–Crippen LogP) is 8.24. The van der Waals surface area contributed by atoms with Gasteiger partial charge >= 0.3 is 0 Å². The van der Waals surface area contributed by atoms with Gasteiger partial charge < -0.3 is 10.3 Å². The van der Waals surface area contributed by atoms with Gasteiger partial charge in [-0.2, -0.15) is 0 Å². The number of benzene rings is 3. The van der Waals surface area contributed by atoms with Crippen LogP contribution in [-0.4, -0.2) is 25.3 Å². The molecule has 3 heterocycles. The summed E-state index contributed by atoms with van der Waals surface area (Å²) in [5.74, 6) is 0.379. The zero-order valence-corrected chi connectivity index (χ0v) is 26.0. The summed E-state index contributed by atoms with van der Waals surface area (Å²) in [6.07, 6.45) is 8.92. The van der Waals surface area contributed by atoms with Gasteiger partial charge in [-0.3, -0.25) is 19.1 Å². The van der Waals surface area contributed by atoms with Gasteiger partial charge in [0.2, 0.25) is 0 Å². The summed E-state index contributed by atoms with van der Waals surface area (Å²) < 4.78 is 1.44. The smallest absolute Gasteiger partial charge is 0.277 e. The number of aromatic amines is 1. The number of ketones is 1. The van der Waals surface area contributed by atoms with Crippen LogP contribution in [0.4, 0.5) is 5.69 Å². The van der Waals surface area contributed by atoms with Gasteiger partial charge in [0.1, 0.15) is 17.3 Å². The first-order valence-corrected chi connectivity index (χ1v) is 15.4. The van der Waals surface area contributed by atoms with Crippen molar-refractivity contribution in [2.24, 2.45) is 0 Å². The van der Waals surface area contributed by atoms with Crippen molar-refractivity contribution in [3.05, 3.63) is 137 Å². The SMILES string of the molecule is CC(=O)Cn1c(-c2ccccc2)ncc(NC(C)c2ccc(-c3ccccc3)cc2)c1=O.CCCCc1cc2cnccc2[nH]1. The minimum atomic E-state index is -0.262. The van der Waals surface area contributed by atoms with Crippen molar-refractivity contribution in [2.75, 3.05) is 5.32 Å². The van der Waals surface area contributed by atoms with Crippen molar-refractivity contribution >= 4 is 22.4 Å². The van der Waals surface area contributed by atoms with E-state index in [1.165, 1.54) is 40.9 Å². The summed E-state index contributed by atoms with van der Waals surface area (Å²) in [7, 11) is 0. The molecule has 3 aromatic carbocycles. The molecule has 7 nitrogen and oxygen atoms in total. The van der Waals surface area contributed by atoms with Crippen LogP contribution in [-0.2, 0) is 17.8 Å². The quantitative estimate of drug-likeness (QED) is 0.166. The molecule has 0 aliphatic carbocycles. The molecule has 0 saturated carbocycles. The first kappa shape index (κ1) is 31.1. The summed E-state index contributed by atoms with van der Waals surface area (Å²) in [6, 6.07) is 32.0. The number of anilines is 1. The molecule has 228 valence electrons. The maximum Gasteiger partial charge on any atom is 0.277 e. The maximum absolute atomic E-state index is 13.2. The Morgan fingerprint density at radius 1 is 0.889 bits per heavy atom. The number of H-pyrrole nitrogens is 1. The van der Waals surface area contributed by atoms with E-state index in [2.05, 4.69) is 69.7 Å². The second-order valence-electron chi connectivity index (χ2n) is 11.2. The van der Waals surface area contributed by atoms with Gasteiger partial charge in [-0.25, -0.2) is 4.98 Å². The van der Waals surface area contributed by atoms with Crippen LogP contribution in [0.5, 0.6) is 0 Å². The Morgan fingerprint density at radius 2 is 1.56 bits per heavy atom. The molecule has 0 spiro atoms. The molecule has 6 rings (SSSR count). The van der Waals surface area contributed by atoms with Crippen LogP contribution >= 0.6 is 0 Å². The zero-order valence-electron chi connectivity index (χ0n) is 26.0. The van der Waals surface area contributed by atoms with E-state index in [1.807, 2.05) is 73.9 Å². The number of unbranched alkanes of at least 4 members (excludes halogenated alkanes) is 1. The lowest BCUT2D eigenvalue weighted by molar-refractivity contribution is -0.117. The number of aryl methyl sites for hydroxylation is 1. The Kier molecular flexibility index (Phi) is 10.3. The highest BCUT2D eigenvalue weighted by Gasteiger charge is 2.15. The molecule has 0 aliphatic rings. The number of pyridine rings is 1. The highest BCUT2D eigenvalue weighted by Crippen LogP contribution is 2.24. The van der Waals surface area contributed by atoms with E-state index in [-0.39, 0.29) is 23.9 Å². The van der Waals surface area contributed by atoms with Crippen LogP contribution in [0.1, 0.15) is 50.9 Å². The topological polar surface area (TPSA) is 92.7 Å². The molecule has 0 saturated heterocycles. The number of aromatic nitrogens is 4. The molecule has 0 aliphatic heterocycles. The molecule has 6 aromatic rings. The monoisotopic (exact) mass is 597 g/mol. The average molecular weight is 598 g/mol. The lowest BCUT2D eigenvalue weighted by atomic mass is 10.0. The molecule has 0 radical (unpaired) electrons. The molecule has 0 amide bonds. The summed E-state index contributed by atoms with van der Waals surface area (Å²) in [5, 5.41) is 4.49. The van der Waals surface area contributed by atoms with Gasteiger partial charge in [-0.1, -0.05) is 98.3 Å². The van der Waals surface area contributed by atoms with E-state index in [1.54, 1.807) is 6.20 Å². The van der Waals surface area contributed by atoms with Gasteiger partial charge in [-0.15, -0.1) is 0 Å². The number of carbonyl (C=O) groups is 1. The van der Waals surface area contributed by atoms with Crippen molar-refractivity contribution in [1.29, 1.82) is 0 Å². The number of Topliss-reactive ketones (excluding diaryl/α,β-unsaturated/α-hetero) is 1. The molecule has 1 unspecified atom stereocenters. The van der Waals surface area contributed by atoms with Crippen LogP contribution in [0.25, 0.3) is 33.4 Å². The van der Waals surface area contributed by atoms with Crippen molar-refractivity contribution in [1.82, 2.24) is 19.5 Å². The van der Waals surface area contributed by atoms with Crippen molar-refractivity contribution in [3.8, 4) is 22.5 Å². The third-order valence-electron chi connectivity index (χ3n) is 7.63. The third-order valence-corrected chi connectivity index (χ3v) is 7.63. The van der Waals surface area contributed by atoms with Gasteiger partial charge in [0.25, 0.3) is 5.56 Å². The molecule has 45 heavy (non-hydrogen) atoms. The second-order valence-corrected chi connectivity index (χ2v) is 11.2. The van der Waals surface area contributed by atoms with Crippen LogP contribution in [0.2, 0.25) is 0 Å². The minimum absolute atomic E-state index is 0.0221. The molecular weight excluding hydrogens is 558 g/mol. The largest absolute Gasteiger partial charge is 0.373 e. The number of rotatable bonds is 10. The fourth-order valence-electron chi connectivity index (χ4n) is 5.22. The van der Waals surface area contributed by atoms with Crippen LogP contribution in [0.15, 0.2) is 120 Å². The number of hydrogen-bond donors (Lipinski definition) is 2. The number of fused-ring (bicyclic) bond motifs is 1. The molecule has 0 fully saturated rings. The fourth-order valence-corrected chi connectivity index (χ4v) is 5.22. The van der Waals surface area contributed by atoms with E-state index in [0.717, 1.165) is 28.7 Å². The van der Waals surface area contributed by atoms with Gasteiger partial charge in [0.05, 0.1) is 12.7 Å². The minimum Gasteiger partial charge on any atom is -0.373 e. The van der Waals surface area contributed by atoms with E-state index in [9.17, 15) is 9.59 Å². The summed E-state index contributed by atoms with van der Waals surface area (Å²) in [6.45, 7) is 5.66. The number of nitrogens with zero attached hydrogens (tertiary/aromatic N) is 3. The molecule has 2 N–H and O–H groups in total. The second kappa shape index (κ2) is 14.9. The van der Waals surface area contributed by atoms with E-state index in [0.29, 0.717) is 11.5 Å². The Bertz CT molecular complexity index is 1860. The molecule has 1 atom stereocenters. The van der Waals surface area contributed by atoms with Crippen molar-refractivity contribution in [3.63, 3.8) is 0 Å². The Hall–Kier alpha value is -5.30. The van der Waals surface area contributed by atoms with E-state index < -0.39 is 0 Å². The summed E-state index contributed by atoms with van der Waals surface area (Å²) in [4.78, 5) is 37.0.